The molecular weight excluding hydrogens is 271 g/mol. The van der Waals surface area contributed by atoms with Crippen LogP contribution in [0.3, 0.4) is 0 Å². The largest absolute Gasteiger partial charge is 0.478 e. The molecule has 0 radical (unpaired) electrons. The number of carboxylic acid groups (broad SMARTS) is 1. The van der Waals surface area contributed by atoms with Gasteiger partial charge in [-0.05, 0) is 30.5 Å². The number of halogens is 1. The van der Waals surface area contributed by atoms with Gasteiger partial charge in [0.2, 0.25) is 0 Å². The lowest BCUT2D eigenvalue weighted by atomic mass is 10.0. The van der Waals surface area contributed by atoms with Gasteiger partial charge in [-0.1, -0.05) is 25.8 Å². The Balaban J connectivity index is 2.24. The number of rotatable bonds is 6. The highest BCUT2D eigenvalue weighted by atomic mass is 19.1. The number of hydrogen-bond acceptors (Lipinski definition) is 2. The van der Waals surface area contributed by atoms with Crippen molar-refractivity contribution in [3.63, 3.8) is 0 Å². The SMILES string of the molecule is CCCCCn1cc(-c2cc(C)c(C(=O)O)c(F)c2)cn1. The number of aromatic carboxylic acids is 1. The summed E-state index contributed by atoms with van der Waals surface area (Å²) >= 11 is 0. The zero-order chi connectivity index (χ0) is 15.4. The van der Waals surface area contributed by atoms with Gasteiger partial charge in [-0.2, -0.15) is 5.10 Å². The van der Waals surface area contributed by atoms with E-state index in [4.69, 9.17) is 5.11 Å². The van der Waals surface area contributed by atoms with Crippen LogP contribution in [0.1, 0.15) is 42.1 Å². The molecule has 0 aliphatic rings. The molecule has 1 heterocycles. The first kappa shape index (κ1) is 15.2. The molecule has 0 unspecified atom stereocenters. The molecule has 1 aromatic heterocycles. The molecular formula is C16H19FN2O2. The van der Waals surface area contributed by atoms with Crippen molar-refractivity contribution in [2.24, 2.45) is 0 Å². The number of unbranched alkanes of at least 4 members (excludes halogenated alkanes) is 2. The van der Waals surface area contributed by atoms with E-state index in [1.165, 1.54) is 6.07 Å². The minimum Gasteiger partial charge on any atom is -0.478 e. The maximum atomic E-state index is 13.9. The Labute approximate surface area is 123 Å². The van der Waals surface area contributed by atoms with Gasteiger partial charge >= 0.3 is 5.97 Å². The van der Waals surface area contributed by atoms with Crippen LogP contribution in [-0.4, -0.2) is 20.9 Å². The number of benzene rings is 1. The smallest absolute Gasteiger partial charge is 0.338 e. The lowest BCUT2D eigenvalue weighted by Gasteiger charge is -2.05. The summed E-state index contributed by atoms with van der Waals surface area (Å²) in [4.78, 5) is 11.0. The Morgan fingerprint density at radius 3 is 2.71 bits per heavy atom. The van der Waals surface area contributed by atoms with E-state index in [0.29, 0.717) is 11.1 Å². The molecule has 0 spiro atoms. The summed E-state index contributed by atoms with van der Waals surface area (Å²) in [6.45, 7) is 4.58. The van der Waals surface area contributed by atoms with Crippen LogP contribution in [0.4, 0.5) is 4.39 Å². The third-order valence-corrected chi connectivity index (χ3v) is 3.46. The van der Waals surface area contributed by atoms with E-state index in [1.54, 1.807) is 19.2 Å². The van der Waals surface area contributed by atoms with Crippen molar-refractivity contribution in [3.05, 3.63) is 41.5 Å². The fourth-order valence-corrected chi connectivity index (χ4v) is 2.34. The summed E-state index contributed by atoms with van der Waals surface area (Å²) in [5, 5.41) is 13.2. The van der Waals surface area contributed by atoms with Crippen molar-refractivity contribution >= 4 is 5.97 Å². The van der Waals surface area contributed by atoms with E-state index in [0.717, 1.165) is 31.4 Å². The molecule has 0 aliphatic carbocycles. The number of carbonyl (C=O) groups is 1. The Hall–Kier alpha value is -2.17. The van der Waals surface area contributed by atoms with Gasteiger partial charge in [0.1, 0.15) is 5.82 Å². The average molecular weight is 290 g/mol. The number of aryl methyl sites for hydroxylation is 2. The lowest BCUT2D eigenvalue weighted by Crippen LogP contribution is -2.04. The molecule has 0 saturated carbocycles. The van der Waals surface area contributed by atoms with E-state index >= 15 is 0 Å². The van der Waals surface area contributed by atoms with Crippen LogP contribution in [0.5, 0.6) is 0 Å². The quantitative estimate of drug-likeness (QED) is 0.821. The van der Waals surface area contributed by atoms with Gasteiger partial charge in [0.15, 0.2) is 0 Å². The molecule has 2 aromatic rings. The van der Waals surface area contributed by atoms with Gasteiger partial charge in [-0.15, -0.1) is 0 Å². The lowest BCUT2D eigenvalue weighted by molar-refractivity contribution is 0.0691. The Morgan fingerprint density at radius 2 is 2.10 bits per heavy atom. The van der Waals surface area contributed by atoms with Gasteiger partial charge in [0, 0.05) is 18.3 Å². The second-order valence-corrected chi connectivity index (χ2v) is 5.15. The number of carboxylic acids is 1. The summed E-state index contributed by atoms with van der Waals surface area (Å²) in [6.07, 6.45) is 6.90. The number of nitrogens with zero attached hydrogens (tertiary/aromatic N) is 2. The van der Waals surface area contributed by atoms with Crippen LogP contribution in [-0.2, 0) is 6.54 Å². The molecule has 0 fully saturated rings. The topological polar surface area (TPSA) is 55.1 Å². The zero-order valence-corrected chi connectivity index (χ0v) is 12.3. The number of hydrogen-bond donors (Lipinski definition) is 1. The maximum Gasteiger partial charge on any atom is 0.338 e. The highest BCUT2D eigenvalue weighted by Gasteiger charge is 2.15. The van der Waals surface area contributed by atoms with Gasteiger partial charge in [-0.25, -0.2) is 9.18 Å². The minimum atomic E-state index is -1.24. The molecule has 0 saturated heterocycles. The van der Waals surface area contributed by atoms with E-state index in [1.807, 2.05) is 10.9 Å². The van der Waals surface area contributed by atoms with Gasteiger partial charge in [0.05, 0.1) is 11.8 Å². The van der Waals surface area contributed by atoms with Crippen molar-refractivity contribution < 1.29 is 14.3 Å². The van der Waals surface area contributed by atoms with Crippen LogP contribution in [0, 0.1) is 12.7 Å². The van der Waals surface area contributed by atoms with Crippen LogP contribution >= 0.6 is 0 Å². The third kappa shape index (κ3) is 3.48. The van der Waals surface area contributed by atoms with Crippen LogP contribution in [0.2, 0.25) is 0 Å². The summed E-state index contributed by atoms with van der Waals surface area (Å²) in [6, 6.07) is 2.93. The molecule has 112 valence electrons. The predicted octanol–water partition coefficient (Wildman–Crippen LogP) is 3.89. The minimum absolute atomic E-state index is 0.269. The van der Waals surface area contributed by atoms with Gasteiger partial charge < -0.3 is 5.11 Å². The van der Waals surface area contributed by atoms with E-state index in [9.17, 15) is 9.18 Å². The van der Waals surface area contributed by atoms with Crippen molar-refractivity contribution in [3.8, 4) is 11.1 Å². The van der Waals surface area contributed by atoms with Crippen molar-refractivity contribution in [2.75, 3.05) is 0 Å². The third-order valence-electron chi connectivity index (χ3n) is 3.46. The fraction of sp³-hybridized carbons (Fsp3) is 0.375. The van der Waals surface area contributed by atoms with Crippen LogP contribution < -0.4 is 0 Å². The van der Waals surface area contributed by atoms with Crippen LogP contribution in [0.15, 0.2) is 24.5 Å². The van der Waals surface area contributed by atoms with Crippen molar-refractivity contribution in [1.82, 2.24) is 9.78 Å². The van der Waals surface area contributed by atoms with E-state index < -0.39 is 11.8 Å². The molecule has 1 N–H and O–H groups in total. The monoisotopic (exact) mass is 290 g/mol. The van der Waals surface area contributed by atoms with Crippen molar-refractivity contribution in [2.45, 2.75) is 39.7 Å². The second-order valence-electron chi connectivity index (χ2n) is 5.15. The molecule has 0 bridgehead atoms. The molecule has 1 aromatic carbocycles. The summed E-state index contributed by atoms with van der Waals surface area (Å²) < 4.78 is 15.7. The first-order valence-electron chi connectivity index (χ1n) is 7.09. The molecule has 2 rings (SSSR count). The predicted molar refractivity (Wildman–Crippen MR) is 78.8 cm³/mol. The molecule has 0 amide bonds. The summed E-state index contributed by atoms with van der Waals surface area (Å²) in [5.74, 6) is -1.96. The first-order chi connectivity index (χ1) is 10.0. The highest BCUT2D eigenvalue weighted by Crippen LogP contribution is 2.24. The molecule has 0 atom stereocenters. The highest BCUT2D eigenvalue weighted by molar-refractivity contribution is 5.90. The van der Waals surface area contributed by atoms with E-state index in [2.05, 4.69) is 12.0 Å². The Kier molecular flexibility index (Phi) is 4.73. The van der Waals surface area contributed by atoms with Crippen molar-refractivity contribution in [1.29, 1.82) is 0 Å². The second kappa shape index (κ2) is 6.52. The fourth-order valence-electron chi connectivity index (χ4n) is 2.34. The van der Waals surface area contributed by atoms with Crippen LogP contribution in [0.25, 0.3) is 11.1 Å². The summed E-state index contributed by atoms with van der Waals surface area (Å²) in [7, 11) is 0. The Bertz CT molecular complexity index is 626. The zero-order valence-electron chi connectivity index (χ0n) is 12.3. The molecule has 4 nitrogen and oxygen atoms in total. The van der Waals surface area contributed by atoms with E-state index in [-0.39, 0.29) is 5.56 Å². The summed E-state index contributed by atoms with van der Waals surface area (Å²) in [5.41, 5.74) is 1.59. The van der Waals surface area contributed by atoms with Gasteiger partial charge in [0.25, 0.3) is 0 Å². The number of aromatic nitrogens is 2. The average Bonchev–Trinajstić information content (AvgIpc) is 2.86. The normalized spacial score (nSPS) is 10.8. The molecule has 21 heavy (non-hydrogen) atoms. The molecule has 0 aliphatic heterocycles. The Morgan fingerprint density at radius 1 is 1.33 bits per heavy atom. The maximum absolute atomic E-state index is 13.9. The standard InChI is InChI=1S/C16H19FN2O2/c1-3-4-5-6-19-10-13(9-18-19)12-7-11(2)15(16(20)21)14(17)8-12/h7-10H,3-6H2,1-2H3,(H,20,21). The molecule has 5 heteroatoms. The first-order valence-corrected chi connectivity index (χ1v) is 7.09. The van der Waals surface area contributed by atoms with Gasteiger partial charge in [-0.3, -0.25) is 4.68 Å².